The summed E-state index contributed by atoms with van der Waals surface area (Å²) < 4.78 is 6.04. The van der Waals surface area contributed by atoms with Gasteiger partial charge in [0.15, 0.2) is 0 Å². The molecule has 0 aliphatic heterocycles. The molecule has 0 bridgehead atoms. The SMILES string of the molecule is CCc1ccc(OCc2ccccc2CC(=O)NC)c(CC)c1. The lowest BCUT2D eigenvalue weighted by Gasteiger charge is -2.14. The normalized spacial score (nSPS) is 10.4. The van der Waals surface area contributed by atoms with Crippen LogP contribution in [0.15, 0.2) is 42.5 Å². The summed E-state index contributed by atoms with van der Waals surface area (Å²) in [5.74, 6) is 0.943. The van der Waals surface area contributed by atoms with Crippen molar-refractivity contribution >= 4 is 5.91 Å². The van der Waals surface area contributed by atoms with Gasteiger partial charge in [-0.15, -0.1) is 0 Å². The molecular formula is C20H25NO2. The van der Waals surface area contributed by atoms with E-state index in [1.807, 2.05) is 24.3 Å². The summed E-state index contributed by atoms with van der Waals surface area (Å²) in [4.78, 5) is 11.6. The quantitative estimate of drug-likeness (QED) is 0.847. The van der Waals surface area contributed by atoms with E-state index in [2.05, 4.69) is 37.4 Å². The van der Waals surface area contributed by atoms with Gasteiger partial charge in [-0.1, -0.05) is 50.2 Å². The number of rotatable bonds is 7. The van der Waals surface area contributed by atoms with Gasteiger partial charge in [-0.25, -0.2) is 0 Å². The molecule has 0 fully saturated rings. The molecule has 2 rings (SSSR count). The number of aryl methyl sites for hydroxylation is 2. The molecule has 0 radical (unpaired) electrons. The van der Waals surface area contributed by atoms with Gasteiger partial charge in [-0.3, -0.25) is 4.79 Å². The topological polar surface area (TPSA) is 38.3 Å². The number of ether oxygens (including phenoxy) is 1. The van der Waals surface area contributed by atoms with Crippen LogP contribution >= 0.6 is 0 Å². The van der Waals surface area contributed by atoms with Crippen LogP contribution in [0.1, 0.15) is 36.1 Å². The van der Waals surface area contributed by atoms with Gasteiger partial charge in [-0.2, -0.15) is 0 Å². The number of carbonyl (C=O) groups excluding carboxylic acids is 1. The first kappa shape index (κ1) is 17.1. The van der Waals surface area contributed by atoms with E-state index in [0.29, 0.717) is 13.0 Å². The second kappa shape index (κ2) is 8.37. The lowest BCUT2D eigenvalue weighted by atomic mass is 10.0. The molecule has 1 N–H and O–H groups in total. The van der Waals surface area contributed by atoms with Crippen molar-refractivity contribution in [2.45, 2.75) is 39.7 Å². The highest BCUT2D eigenvalue weighted by Gasteiger charge is 2.09. The number of amides is 1. The summed E-state index contributed by atoms with van der Waals surface area (Å²) in [5.41, 5.74) is 4.62. The average molecular weight is 311 g/mol. The standard InChI is InChI=1S/C20H25NO2/c1-4-15-10-11-19(16(5-2)12-15)23-14-18-9-7-6-8-17(18)13-20(22)21-3/h6-12H,4-5,13-14H2,1-3H3,(H,21,22). The average Bonchev–Trinajstić information content (AvgIpc) is 2.60. The van der Waals surface area contributed by atoms with Crippen LogP contribution < -0.4 is 10.1 Å². The molecule has 0 unspecified atom stereocenters. The molecule has 0 aromatic heterocycles. The van der Waals surface area contributed by atoms with Gasteiger partial charge in [-0.05, 0) is 41.2 Å². The Morgan fingerprint density at radius 2 is 1.74 bits per heavy atom. The largest absolute Gasteiger partial charge is 0.489 e. The Bertz CT molecular complexity index is 664. The van der Waals surface area contributed by atoms with E-state index in [9.17, 15) is 4.79 Å². The lowest BCUT2D eigenvalue weighted by Crippen LogP contribution is -2.20. The Labute approximate surface area is 138 Å². The van der Waals surface area contributed by atoms with Crippen LogP contribution in [0, 0.1) is 0 Å². The van der Waals surface area contributed by atoms with Crippen LogP contribution in [0.2, 0.25) is 0 Å². The third kappa shape index (κ3) is 4.59. The van der Waals surface area contributed by atoms with E-state index in [1.54, 1.807) is 7.05 Å². The second-order valence-corrected chi connectivity index (χ2v) is 5.56. The fraction of sp³-hybridized carbons (Fsp3) is 0.350. The Morgan fingerprint density at radius 3 is 2.39 bits per heavy atom. The van der Waals surface area contributed by atoms with Crippen molar-refractivity contribution < 1.29 is 9.53 Å². The van der Waals surface area contributed by atoms with Crippen molar-refractivity contribution in [3.63, 3.8) is 0 Å². The van der Waals surface area contributed by atoms with Gasteiger partial charge in [0.25, 0.3) is 0 Å². The maximum Gasteiger partial charge on any atom is 0.224 e. The van der Waals surface area contributed by atoms with E-state index >= 15 is 0 Å². The number of likely N-dealkylation sites (N-methyl/N-ethyl adjacent to an activating group) is 1. The number of benzene rings is 2. The number of nitrogens with one attached hydrogen (secondary N) is 1. The van der Waals surface area contributed by atoms with Gasteiger partial charge in [0, 0.05) is 7.05 Å². The maximum absolute atomic E-state index is 11.6. The van der Waals surface area contributed by atoms with Gasteiger partial charge in [0.05, 0.1) is 6.42 Å². The third-order valence-corrected chi connectivity index (χ3v) is 4.05. The second-order valence-electron chi connectivity index (χ2n) is 5.56. The number of hydrogen-bond acceptors (Lipinski definition) is 2. The van der Waals surface area contributed by atoms with Gasteiger partial charge >= 0.3 is 0 Å². The van der Waals surface area contributed by atoms with E-state index in [-0.39, 0.29) is 5.91 Å². The predicted molar refractivity (Wildman–Crippen MR) is 93.7 cm³/mol. The first-order valence-corrected chi connectivity index (χ1v) is 8.19. The molecule has 122 valence electrons. The smallest absolute Gasteiger partial charge is 0.224 e. The minimum atomic E-state index is 0.0130. The third-order valence-electron chi connectivity index (χ3n) is 4.05. The number of hydrogen-bond donors (Lipinski definition) is 1. The van der Waals surface area contributed by atoms with Crippen molar-refractivity contribution in [3.8, 4) is 5.75 Å². The summed E-state index contributed by atoms with van der Waals surface area (Å²) in [7, 11) is 1.66. The Hall–Kier alpha value is -2.29. The van der Waals surface area contributed by atoms with E-state index in [0.717, 1.165) is 29.7 Å². The first-order chi connectivity index (χ1) is 11.2. The molecule has 0 atom stereocenters. The summed E-state index contributed by atoms with van der Waals surface area (Å²) in [6, 6.07) is 14.3. The van der Waals surface area contributed by atoms with Crippen LogP contribution in [-0.4, -0.2) is 13.0 Å². The summed E-state index contributed by atoms with van der Waals surface area (Å²) in [5, 5.41) is 2.67. The fourth-order valence-electron chi connectivity index (χ4n) is 2.56. The van der Waals surface area contributed by atoms with Crippen molar-refractivity contribution in [2.75, 3.05) is 7.05 Å². The maximum atomic E-state index is 11.6. The van der Waals surface area contributed by atoms with Crippen LogP contribution in [0.25, 0.3) is 0 Å². The monoisotopic (exact) mass is 311 g/mol. The van der Waals surface area contributed by atoms with Crippen LogP contribution in [-0.2, 0) is 30.7 Å². The van der Waals surface area contributed by atoms with Crippen molar-refractivity contribution in [1.82, 2.24) is 5.32 Å². The molecule has 2 aromatic carbocycles. The predicted octanol–water partition coefficient (Wildman–Crippen LogP) is 3.68. The van der Waals surface area contributed by atoms with Crippen molar-refractivity contribution in [3.05, 3.63) is 64.7 Å². The van der Waals surface area contributed by atoms with Gasteiger partial charge in [0.1, 0.15) is 12.4 Å². The highest BCUT2D eigenvalue weighted by molar-refractivity contribution is 5.78. The van der Waals surface area contributed by atoms with Crippen molar-refractivity contribution in [2.24, 2.45) is 0 Å². The number of carbonyl (C=O) groups is 1. The molecule has 0 heterocycles. The van der Waals surface area contributed by atoms with Gasteiger partial charge in [0.2, 0.25) is 5.91 Å². The molecule has 3 heteroatoms. The van der Waals surface area contributed by atoms with Crippen molar-refractivity contribution in [1.29, 1.82) is 0 Å². The molecule has 2 aromatic rings. The van der Waals surface area contributed by atoms with E-state index in [1.165, 1.54) is 11.1 Å². The lowest BCUT2D eigenvalue weighted by molar-refractivity contribution is -0.119. The minimum Gasteiger partial charge on any atom is -0.489 e. The summed E-state index contributed by atoms with van der Waals surface area (Å²) in [6.07, 6.45) is 2.36. The Morgan fingerprint density at radius 1 is 1.00 bits per heavy atom. The molecule has 0 aliphatic rings. The molecule has 1 amide bonds. The Kier molecular flexibility index (Phi) is 6.21. The molecule has 0 saturated carbocycles. The zero-order valence-electron chi connectivity index (χ0n) is 14.2. The molecule has 0 aliphatic carbocycles. The van der Waals surface area contributed by atoms with Crippen LogP contribution in [0.4, 0.5) is 0 Å². The van der Waals surface area contributed by atoms with Crippen LogP contribution in [0.5, 0.6) is 5.75 Å². The van der Waals surface area contributed by atoms with Gasteiger partial charge < -0.3 is 10.1 Å². The summed E-state index contributed by atoms with van der Waals surface area (Å²) >= 11 is 0. The van der Waals surface area contributed by atoms with E-state index in [4.69, 9.17) is 4.74 Å². The fourth-order valence-corrected chi connectivity index (χ4v) is 2.56. The Balaban J connectivity index is 2.13. The zero-order chi connectivity index (χ0) is 16.7. The van der Waals surface area contributed by atoms with E-state index < -0.39 is 0 Å². The summed E-state index contributed by atoms with van der Waals surface area (Å²) in [6.45, 7) is 4.77. The molecule has 0 saturated heterocycles. The van der Waals surface area contributed by atoms with Crippen LogP contribution in [0.3, 0.4) is 0 Å². The highest BCUT2D eigenvalue weighted by atomic mass is 16.5. The highest BCUT2D eigenvalue weighted by Crippen LogP contribution is 2.23. The minimum absolute atomic E-state index is 0.0130. The molecule has 23 heavy (non-hydrogen) atoms. The first-order valence-electron chi connectivity index (χ1n) is 8.19. The zero-order valence-corrected chi connectivity index (χ0v) is 14.2. The molecule has 3 nitrogen and oxygen atoms in total. The molecule has 0 spiro atoms. The molecular weight excluding hydrogens is 286 g/mol.